The number of carbonyl (C=O) groups excluding carboxylic acids is 1. The van der Waals surface area contributed by atoms with Gasteiger partial charge in [0.1, 0.15) is 12.1 Å². The number of carbonyl (C=O) groups is 1. The second kappa shape index (κ2) is 5.73. The summed E-state index contributed by atoms with van der Waals surface area (Å²) in [5.74, 6) is 1.25. The minimum Gasteiger partial charge on any atom is -0.461 e. The van der Waals surface area contributed by atoms with E-state index >= 15 is 0 Å². The van der Waals surface area contributed by atoms with Crippen LogP contribution in [-0.2, 0) is 9.53 Å². The van der Waals surface area contributed by atoms with Crippen LogP contribution < -0.4 is 0 Å². The first-order valence-electron chi connectivity index (χ1n) is 7.53. The Morgan fingerprint density at radius 2 is 2.00 bits per heavy atom. The molecule has 2 fully saturated rings. The molecule has 1 aromatic heterocycles. The molecule has 0 bridgehead atoms. The van der Waals surface area contributed by atoms with Crippen molar-refractivity contribution in [3.63, 3.8) is 0 Å². The van der Waals surface area contributed by atoms with Gasteiger partial charge in [-0.3, -0.25) is 14.6 Å². The normalized spacial score (nSPS) is 29.6. The van der Waals surface area contributed by atoms with Gasteiger partial charge in [-0.15, -0.1) is 0 Å². The van der Waals surface area contributed by atoms with Crippen molar-refractivity contribution in [3.8, 4) is 0 Å². The number of aromatic nitrogens is 2. The van der Waals surface area contributed by atoms with Crippen molar-refractivity contribution in [2.75, 3.05) is 26.2 Å². The number of ether oxygens (including phenoxy) is 1. The zero-order valence-electron chi connectivity index (χ0n) is 12.8. The Bertz CT molecular complexity index is 510. The van der Waals surface area contributed by atoms with Gasteiger partial charge in [-0.2, -0.15) is 4.98 Å². The topological polar surface area (TPSA) is 71.7 Å². The molecule has 2 aliphatic rings. The van der Waals surface area contributed by atoms with Crippen LogP contribution in [0.15, 0.2) is 4.52 Å². The Kier molecular flexibility index (Phi) is 3.95. The fourth-order valence-electron chi connectivity index (χ4n) is 3.11. The number of piperazine rings is 1. The molecule has 0 amide bonds. The van der Waals surface area contributed by atoms with E-state index in [1.54, 1.807) is 0 Å². The van der Waals surface area contributed by atoms with Crippen LogP contribution in [0.1, 0.15) is 38.0 Å². The standard InChI is InChI=1S/C14H22N4O3/c1-9-8-12(14(19)20-9)18-6-4-17(5-7-18)10(2)13-15-11(3)16-21-13/h9-10,12H,4-8H2,1-3H3/t9-,10+,12+/m1/s1. The number of hydrogen-bond donors (Lipinski definition) is 0. The van der Waals surface area contributed by atoms with Crippen LogP contribution in [0.2, 0.25) is 0 Å². The Balaban J connectivity index is 1.56. The zero-order chi connectivity index (χ0) is 15.0. The summed E-state index contributed by atoms with van der Waals surface area (Å²) in [6.45, 7) is 9.36. The molecule has 2 saturated heterocycles. The van der Waals surface area contributed by atoms with E-state index in [0.29, 0.717) is 11.7 Å². The molecule has 0 saturated carbocycles. The molecular weight excluding hydrogens is 272 g/mol. The summed E-state index contributed by atoms with van der Waals surface area (Å²) >= 11 is 0. The van der Waals surface area contributed by atoms with Crippen LogP contribution in [0, 0.1) is 6.92 Å². The molecule has 0 aliphatic carbocycles. The second-order valence-electron chi connectivity index (χ2n) is 5.93. The fourth-order valence-corrected chi connectivity index (χ4v) is 3.11. The van der Waals surface area contributed by atoms with Crippen molar-refractivity contribution in [1.82, 2.24) is 19.9 Å². The number of cyclic esters (lactones) is 1. The quantitative estimate of drug-likeness (QED) is 0.762. The number of esters is 1. The lowest BCUT2D eigenvalue weighted by Gasteiger charge is -2.38. The van der Waals surface area contributed by atoms with Crippen LogP contribution in [0.3, 0.4) is 0 Å². The van der Waals surface area contributed by atoms with E-state index in [0.717, 1.165) is 32.6 Å². The van der Waals surface area contributed by atoms with E-state index in [9.17, 15) is 4.79 Å². The first kappa shape index (κ1) is 14.5. The molecule has 7 nitrogen and oxygen atoms in total. The van der Waals surface area contributed by atoms with Crippen molar-refractivity contribution >= 4 is 5.97 Å². The zero-order valence-corrected chi connectivity index (χ0v) is 12.8. The molecule has 0 aromatic carbocycles. The van der Waals surface area contributed by atoms with Gasteiger partial charge in [-0.05, 0) is 20.8 Å². The lowest BCUT2D eigenvalue weighted by molar-refractivity contribution is -0.145. The minimum absolute atomic E-state index is 0.0424. The Hall–Kier alpha value is -1.47. The molecule has 0 N–H and O–H groups in total. The van der Waals surface area contributed by atoms with Gasteiger partial charge in [0.2, 0.25) is 5.89 Å². The van der Waals surface area contributed by atoms with Gasteiger partial charge < -0.3 is 9.26 Å². The van der Waals surface area contributed by atoms with Crippen LogP contribution in [0.4, 0.5) is 0 Å². The average Bonchev–Trinajstić information content (AvgIpc) is 3.04. The highest BCUT2D eigenvalue weighted by molar-refractivity contribution is 5.78. The third-order valence-electron chi connectivity index (χ3n) is 4.38. The summed E-state index contributed by atoms with van der Waals surface area (Å²) in [7, 11) is 0. The highest BCUT2D eigenvalue weighted by atomic mass is 16.6. The summed E-state index contributed by atoms with van der Waals surface area (Å²) in [5.41, 5.74) is 0. The lowest BCUT2D eigenvalue weighted by atomic mass is 10.1. The van der Waals surface area contributed by atoms with Crippen LogP contribution in [0.5, 0.6) is 0 Å². The van der Waals surface area contributed by atoms with Crippen LogP contribution in [0.25, 0.3) is 0 Å². The smallest absolute Gasteiger partial charge is 0.323 e. The molecule has 2 aliphatic heterocycles. The third-order valence-corrected chi connectivity index (χ3v) is 4.38. The van der Waals surface area contributed by atoms with Crippen molar-refractivity contribution in [1.29, 1.82) is 0 Å². The molecule has 3 rings (SSSR count). The predicted octanol–water partition coefficient (Wildman–Crippen LogP) is 0.761. The number of aryl methyl sites for hydroxylation is 1. The van der Waals surface area contributed by atoms with Gasteiger partial charge in [0.05, 0.1) is 6.04 Å². The number of nitrogens with zero attached hydrogens (tertiary/aromatic N) is 4. The van der Waals surface area contributed by atoms with E-state index in [4.69, 9.17) is 9.26 Å². The molecule has 0 spiro atoms. The molecule has 116 valence electrons. The van der Waals surface area contributed by atoms with Gasteiger partial charge in [0.25, 0.3) is 0 Å². The van der Waals surface area contributed by atoms with E-state index in [1.807, 2.05) is 13.8 Å². The SMILES string of the molecule is Cc1noc([C@H](C)N2CCN([C@H]3C[C@@H](C)OC3=O)CC2)n1. The molecule has 3 atom stereocenters. The maximum absolute atomic E-state index is 11.8. The molecule has 21 heavy (non-hydrogen) atoms. The summed E-state index contributed by atoms with van der Waals surface area (Å²) in [6, 6.07) is 0.0471. The van der Waals surface area contributed by atoms with Crippen LogP contribution in [-0.4, -0.2) is 64.2 Å². The van der Waals surface area contributed by atoms with E-state index in [2.05, 4.69) is 26.9 Å². The van der Waals surface area contributed by atoms with Gasteiger partial charge in [0.15, 0.2) is 5.82 Å². The Labute approximate surface area is 124 Å². The molecular formula is C14H22N4O3. The maximum Gasteiger partial charge on any atom is 0.323 e. The summed E-state index contributed by atoms with van der Waals surface area (Å²) in [4.78, 5) is 20.7. The summed E-state index contributed by atoms with van der Waals surface area (Å²) in [5, 5.41) is 3.84. The Morgan fingerprint density at radius 3 is 2.52 bits per heavy atom. The third kappa shape index (κ3) is 2.94. The van der Waals surface area contributed by atoms with Crippen molar-refractivity contribution in [2.45, 2.75) is 45.4 Å². The van der Waals surface area contributed by atoms with Crippen molar-refractivity contribution in [2.24, 2.45) is 0 Å². The van der Waals surface area contributed by atoms with Gasteiger partial charge >= 0.3 is 5.97 Å². The van der Waals surface area contributed by atoms with Gasteiger partial charge in [0, 0.05) is 32.6 Å². The second-order valence-corrected chi connectivity index (χ2v) is 5.93. The van der Waals surface area contributed by atoms with Crippen molar-refractivity contribution in [3.05, 3.63) is 11.7 Å². The number of hydrogen-bond acceptors (Lipinski definition) is 7. The van der Waals surface area contributed by atoms with E-state index in [-0.39, 0.29) is 24.2 Å². The highest BCUT2D eigenvalue weighted by Gasteiger charge is 2.38. The van der Waals surface area contributed by atoms with Crippen molar-refractivity contribution < 1.29 is 14.1 Å². The molecule has 3 heterocycles. The first-order chi connectivity index (χ1) is 10.0. The highest BCUT2D eigenvalue weighted by Crippen LogP contribution is 2.24. The van der Waals surface area contributed by atoms with Crippen LogP contribution >= 0.6 is 0 Å². The minimum atomic E-state index is -0.0727. The molecule has 7 heteroatoms. The molecule has 1 aromatic rings. The van der Waals surface area contributed by atoms with Gasteiger partial charge in [-0.1, -0.05) is 5.16 Å². The fraction of sp³-hybridized carbons (Fsp3) is 0.786. The van der Waals surface area contributed by atoms with E-state index < -0.39 is 0 Å². The first-order valence-corrected chi connectivity index (χ1v) is 7.53. The molecule has 0 radical (unpaired) electrons. The average molecular weight is 294 g/mol. The number of rotatable bonds is 3. The predicted molar refractivity (Wildman–Crippen MR) is 74.6 cm³/mol. The monoisotopic (exact) mass is 294 g/mol. The Morgan fingerprint density at radius 1 is 1.29 bits per heavy atom. The van der Waals surface area contributed by atoms with Gasteiger partial charge in [-0.25, -0.2) is 0 Å². The maximum atomic E-state index is 11.8. The largest absolute Gasteiger partial charge is 0.461 e. The lowest BCUT2D eigenvalue weighted by Crippen LogP contribution is -2.52. The molecule has 0 unspecified atom stereocenters. The summed E-state index contributed by atoms with van der Waals surface area (Å²) < 4.78 is 10.5. The summed E-state index contributed by atoms with van der Waals surface area (Å²) in [6.07, 6.45) is 0.845. The van der Waals surface area contributed by atoms with E-state index in [1.165, 1.54) is 0 Å².